The van der Waals surface area contributed by atoms with E-state index in [1.807, 2.05) is 24.4 Å². The Morgan fingerprint density at radius 2 is 2.12 bits per heavy atom. The maximum atomic E-state index is 12.4. The van der Waals surface area contributed by atoms with E-state index in [9.17, 15) is 4.79 Å². The van der Waals surface area contributed by atoms with Gasteiger partial charge in [-0.25, -0.2) is 4.79 Å². The predicted molar refractivity (Wildman–Crippen MR) is 98.5 cm³/mol. The number of rotatable bonds is 2. The number of hydrogen-bond donors (Lipinski definition) is 0. The zero-order valence-electron chi connectivity index (χ0n) is 14.1. The van der Waals surface area contributed by atoms with Gasteiger partial charge in [-0.3, -0.25) is 9.88 Å². The van der Waals surface area contributed by atoms with Gasteiger partial charge >= 0.3 is 5.63 Å². The van der Waals surface area contributed by atoms with Gasteiger partial charge in [0, 0.05) is 36.4 Å². The zero-order valence-corrected chi connectivity index (χ0v) is 14.9. The molecule has 0 amide bonds. The topological polar surface area (TPSA) is 55.6 Å². The number of hydrogen-bond acceptors (Lipinski definition) is 5. The van der Waals surface area contributed by atoms with Crippen LogP contribution in [0.2, 0.25) is 5.02 Å². The van der Waals surface area contributed by atoms with Gasteiger partial charge in [-0.2, -0.15) is 0 Å². The van der Waals surface area contributed by atoms with Crippen molar-refractivity contribution in [3.8, 4) is 5.75 Å². The summed E-state index contributed by atoms with van der Waals surface area (Å²) < 4.78 is 11.6. The van der Waals surface area contributed by atoms with Gasteiger partial charge < -0.3 is 9.15 Å². The molecule has 132 valence electrons. The van der Waals surface area contributed by atoms with Gasteiger partial charge in [0.2, 0.25) is 0 Å². The molecule has 1 aromatic carbocycles. The molecule has 0 unspecified atom stereocenters. The highest BCUT2D eigenvalue weighted by atomic mass is 35.5. The lowest BCUT2D eigenvalue weighted by Gasteiger charge is -2.30. The van der Waals surface area contributed by atoms with Crippen molar-refractivity contribution in [1.82, 2.24) is 9.88 Å². The monoisotopic (exact) mass is 368 g/mol. The van der Waals surface area contributed by atoms with Crippen LogP contribution in [-0.4, -0.2) is 16.6 Å². The van der Waals surface area contributed by atoms with Crippen LogP contribution in [0, 0.1) is 0 Å². The van der Waals surface area contributed by atoms with Crippen molar-refractivity contribution in [2.45, 2.75) is 32.4 Å². The van der Waals surface area contributed by atoms with Crippen molar-refractivity contribution in [1.29, 1.82) is 0 Å². The van der Waals surface area contributed by atoms with Gasteiger partial charge in [-0.15, -0.1) is 0 Å². The van der Waals surface area contributed by atoms with Gasteiger partial charge in [0.15, 0.2) is 0 Å². The minimum Gasteiger partial charge on any atom is -0.476 e. The Hall–Kier alpha value is -2.37. The van der Waals surface area contributed by atoms with Gasteiger partial charge in [-0.05, 0) is 42.5 Å². The maximum Gasteiger partial charge on any atom is 0.339 e. The number of pyridine rings is 1. The second-order valence-corrected chi connectivity index (χ2v) is 7.27. The van der Waals surface area contributed by atoms with Crippen molar-refractivity contribution in [2.24, 2.45) is 0 Å². The van der Waals surface area contributed by atoms with E-state index in [4.69, 9.17) is 20.8 Å². The summed E-state index contributed by atoms with van der Waals surface area (Å²) >= 11 is 6.50. The lowest BCUT2D eigenvalue weighted by molar-refractivity contribution is 0.0890. The SMILES string of the molecule is O=c1oc2c3c(c(Cl)cc2c2c1CCC2)OCN(Cc1cccnc1)C3. The average molecular weight is 369 g/mol. The Morgan fingerprint density at radius 3 is 2.96 bits per heavy atom. The van der Waals surface area contributed by atoms with Crippen molar-refractivity contribution >= 4 is 22.6 Å². The number of aryl methyl sites for hydroxylation is 1. The summed E-state index contributed by atoms with van der Waals surface area (Å²) in [4.78, 5) is 18.7. The molecule has 2 aliphatic rings. The van der Waals surface area contributed by atoms with Crippen molar-refractivity contribution in [3.05, 3.63) is 68.3 Å². The second-order valence-electron chi connectivity index (χ2n) is 6.86. The molecule has 0 fully saturated rings. The van der Waals surface area contributed by atoms with Gasteiger partial charge in [-0.1, -0.05) is 17.7 Å². The molecule has 0 spiro atoms. The Bertz CT molecular complexity index is 1060. The smallest absolute Gasteiger partial charge is 0.339 e. The molecule has 0 atom stereocenters. The molecule has 2 aromatic heterocycles. The lowest BCUT2D eigenvalue weighted by atomic mass is 10.0. The van der Waals surface area contributed by atoms with Crippen LogP contribution in [0.3, 0.4) is 0 Å². The molecule has 0 saturated heterocycles. The number of ether oxygens (including phenoxy) is 1. The van der Waals surface area contributed by atoms with Crippen LogP contribution < -0.4 is 10.4 Å². The van der Waals surface area contributed by atoms with Gasteiger partial charge in [0.05, 0.1) is 10.6 Å². The van der Waals surface area contributed by atoms with Crippen LogP contribution in [-0.2, 0) is 25.9 Å². The van der Waals surface area contributed by atoms with Crippen LogP contribution in [0.4, 0.5) is 0 Å². The van der Waals surface area contributed by atoms with Gasteiger partial charge in [0.25, 0.3) is 0 Å². The highest BCUT2D eigenvalue weighted by Gasteiger charge is 2.28. The fraction of sp³-hybridized carbons (Fsp3) is 0.300. The van der Waals surface area contributed by atoms with Crippen LogP contribution >= 0.6 is 11.6 Å². The normalized spacial score (nSPS) is 16.3. The Kier molecular flexibility index (Phi) is 3.72. The standard InChI is InChI=1S/C20H17ClN2O3/c21-17-7-15-13-4-1-5-14(13)20(24)26-18(15)16-10-23(11-25-19(16)17)9-12-3-2-6-22-8-12/h2-3,6-8H,1,4-5,9-11H2. The molecule has 6 heteroatoms. The summed E-state index contributed by atoms with van der Waals surface area (Å²) in [5.74, 6) is 0.628. The molecule has 26 heavy (non-hydrogen) atoms. The zero-order chi connectivity index (χ0) is 17.7. The van der Waals surface area contributed by atoms with Crippen LogP contribution in [0.25, 0.3) is 11.0 Å². The molecule has 0 radical (unpaired) electrons. The summed E-state index contributed by atoms with van der Waals surface area (Å²) in [5.41, 5.74) is 4.25. The van der Waals surface area contributed by atoms with E-state index in [2.05, 4.69) is 9.88 Å². The summed E-state index contributed by atoms with van der Waals surface area (Å²) in [7, 11) is 0. The summed E-state index contributed by atoms with van der Waals surface area (Å²) in [6.45, 7) is 1.75. The summed E-state index contributed by atoms with van der Waals surface area (Å²) in [6, 6.07) is 5.84. The first-order valence-electron chi connectivity index (χ1n) is 8.74. The number of aromatic nitrogens is 1. The first-order chi connectivity index (χ1) is 12.7. The number of nitrogens with zero attached hydrogens (tertiary/aromatic N) is 2. The Labute approximate surface area is 155 Å². The van der Waals surface area contributed by atoms with E-state index in [0.717, 1.165) is 46.9 Å². The highest BCUT2D eigenvalue weighted by Crippen LogP contribution is 2.41. The van der Waals surface area contributed by atoms with E-state index >= 15 is 0 Å². The highest BCUT2D eigenvalue weighted by molar-refractivity contribution is 6.33. The van der Waals surface area contributed by atoms with E-state index in [1.54, 1.807) is 6.20 Å². The third-order valence-corrected chi connectivity index (χ3v) is 5.45. The van der Waals surface area contributed by atoms with Gasteiger partial charge in [0.1, 0.15) is 18.1 Å². The molecule has 0 N–H and O–H groups in total. The average Bonchev–Trinajstić information content (AvgIpc) is 3.15. The third-order valence-electron chi connectivity index (χ3n) is 5.17. The van der Waals surface area contributed by atoms with E-state index in [1.165, 1.54) is 0 Å². The van der Waals surface area contributed by atoms with Crippen LogP contribution in [0.1, 0.15) is 28.7 Å². The number of benzene rings is 1. The van der Waals surface area contributed by atoms with E-state index < -0.39 is 0 Å². The minimum atomic E-state index is -0.223. The maximum absolute atomic E-state index is 12.4. The third kappa shape index (κ3) is 2.50. The summed E-state index contributed by atoms with van der Waals surface area (Å²) in [6.07, 6.45) is 6.27. The first-order valence-corrected chi connectivity index (χ1v) is 9.12. The quantitative estimate of drug-likeness (QED) is 0.646. The van der Waals surface area contributed by atoms with Crippen molar-refractivity contribution in [3.63, 3.8) is 0 Å². The lowest BCUT2D eigenvalue weighted by Crippen LogP contribution is -2.32. The van der Waals surface area contributed by atoms with Crippen molar-refractivity contribution < 1.29 is 9.15 Å². The Balaban J connectivity index is 1.61. The molecule has 5 rings (SSSR count). The molecule has 1 aliphatic carbocycles. The molecular formula is C20H17ClN2O3. The molecule has 3 heterocycles. The molecule has 1 aliphatic heterocycles. The molecule has 0 bridgehead atoms. The molecular weight excluding hydrogens is 352 g/mol. The minimum absolute atomic E-state index is 0.223. The van der Waals surface area contributed by atoms with E-state index in [-0.39, 0.29) is 5.63 Å². The van der Waals surface area contributed by atoms with Crippen molar-refractivity contribution in [2.75, 3.05) is 6.73 Å². The second kappa shape index (κ2) is 6.11. The fourth-order valence-electron chi connectivity index (χ4n) is 4.01. The first kappa shape index (κ1) is 15.9. The molecule has 0 saturated carbocycles. The van der Waals surface area contributed by atoms with Crippen LogP contribution in [0.15, 0.2) is 39.8 Å². The number of halogens is 1. The fourth-order valence-corrected chi connectivity index (χ4v) is 4.28. The largest absolute Gasteiger partial charge is 0.476 e. The predicted octanol–water partition coefficient (Wildman–Crippen LogP) is 3.68. The molecule has 5 nitrogen and oxygen atoms in total. The molecule has 3 aromatic rings. The summed E-state index contributed by atoms with van der Waals surface area (Å²) in [5, 5.41) is 1.53. The Morgan fingerprint density at radius 1 is 1.23 bits per heavy atom. The number of fused-ring (bicyclic) bond motifs is 5. The van der Waals surface area contributed by atoms with Crippen LogP contribution in [0.5, 0.6) is 5.75 Å². The van der Waals surface area contributed by atoms with E-state index in [0.29, 0.717) is 36.2 Å².